The van der Waals surface area contributed by atoms with Crippen molar-refractivity contribution in [1.82, 2.24) is 14.4 Å². The average molecular weight is 491 g/mol. The molecule has 0 radical (unpaired) electrons. The third-order valence-electron chi connectivity index (χ3n) is 5.68. The lowest BCUT2D eigenvalue weighted by Gasteiger charge is -2.14. The Morgan fingerprint density at radius 2 is 1.74 bits per heavy atom. The van der Waals surface area contributed by atoms with Crippen molar-refractivity contribution < 1.29 is 13.2 Å². The number of nitrogens with one attached hydrogen (secondary N) is 1. The minimum atomic E-state index is -0.996. The highest BCUT2D eigenvalue weighted by atomic mass is 35.5. The molecule has 0 atom stereocenters. The monoisotopic (exact) mass is 490 g/mol. The van der Waals surface area contributed by atoms with Gasteiger partial charge in [0.05, 0.1) is 11.1 Å². The zero-order valence-corrected chi connectivity index (χ0v) is 19.2. The molecule has 0 aliphatic carbocycles. The molecular formula is C27H18ClF3N4. The molecule has 5 rings (SSSR count). The largest absolute Gasteiger partial charge is 0.355 e. The first-order valence-electron chi connectivity index (χ1n) is 10.6. The van der Waals surface area contributed by atoms with E-state index < -0.39 is 11.6 Å². The zero-order valence-electron chi connectivity index (χ0n) is 18.5. The maximum atomic E-state index is 14.5. The van der Waals surface area contributed by atoms with Crippen molar-refractivity contribution in [3.63, 3.8) is 0 Å². The molecule has 0 amide bonds. The number of halogens is 4. The van der Waals surface area contributed by atoms with Crippen LogP contribution in [0.2, 0.25) is 5.15 Å². The van der Waals surface area contributed by atoms with Gasteiger partial charge in [-0.3, -0.25) is 9.38 Å². The topological polar surface area (TPSA) is 42.2 Å². The molecule has 0 aliphatic heterocycles. The van der Waals surface area contributed by atoms with Gasteiger partial charge in [0.2, 0.25) is 0 Å². The van der Waals surface area contributed by atoms with E-state index in [1.54, 1.807) is 35.0 Å². The Bertz CT molecular complexity index is 1590. The Morgan fingerprint density at radius 3 is 2.51 bits per heavy atom. The van der Waals surface area contributed by atoms with E-state index in [9.17, 15) is 13.2 Å². The Labute approximate surface area is 204 Å². The maximum Gasteiger partial charge on any atom is 0.169 e. The highest BCUT2D eigenvalue weighted by Crippen LogP contribution is 2.35. The number of aryl methyl sites for hydroxylation is 1. The molecule has 0 saturated heterocycles. The predicted molar refractivity (Wildman–Crippen MR) is 133 cm³/mol. The first-order valence-corrected chi connectivity index (χ1v) is 11.0. The van der Waals surface area contributed by atoms with E-state index in [2.05, 4.69) is 21.9 Å². The lowest BCUT2D eigenvalue weighted by atomic mass is 10.0. The van der Waals surface area contributed by atoms with Gasteiger partial charge in [0.25, 0.3) is 0 Å². The SMILES string of the molecule is C=C(Nc1ccc(F)cc1)c1cc(-c2cccn3c(-c4cccc(F)c4F)nc(Cl)c23)cnc1C. The van der Waals surface area contributed by atoms with E-state index >= 15 is 0 Å². The van der Waals surface area contributed by atoms with Gasteiger partial charge < -0.3 is 5.32 Å². The van der Waals surface area contributed by atoms with Gasteiger partial charge >= 0.3 is 0 Å². The molecule has 0 spiro atoms. The van der Waals surface area contributed by atoms with Crippen LogP contribution in [0.4, 0.5) is 18.9 Å². The fourth-order valence-corrected chi connectivity index (χ4v) is 4.23. The summed E-state index contributed by atoms with van der Waals surface area (Å²) in [6.07, 6.45) is 3.39. The molecule has 35 heavy (non-hydrogen) atoms. The number of imidazole rings is 1. The van der Waals surface area contributed by atoms with Crippen molar-refractivity contribution in [2.45, 2.75) is 6.92 Å². The van der Waals surface area contributed by atoms with Crippen molar-refractivity contribution in [3.8, 4) is 22.5 Å². The second kappa shape index (κ2) is 8.92. The van der Waals surface area contributed by atoms with Gasteiger partial charge in [0, 0.05) is 46.2 Å². The molecular weight excluding hydrogens is 473 g/mol. The zero-order chi connectivity index (χ0) is 24.7. The molecule has 8 heteroatoms. The molecule has 1 N–H and O–H groups in total. The maximum absolute atomic E-state index is 14.5. The number of benzene rings is 2. The normalized spacial score (nSPS) is 11.1. The highest BCUT2D eigenvalue weighted by Gasteiger charge is 2.20. The molecule has 5 aromatic rings. The van der Waals surface area contributed by atoms with E-state index in [4.69, 9.17) is 11.6 Å². The van der Waals surface area contributed by atoms with E-state index in [-0.39, 0.29) is 22.4 Å². The van der Waals surface area contributed by atoms with E-state index in [0.717, 1.165) is 22.9 Å². The summed E-state index contributed by atoms with van der Waals surface area (Å²) >= 11 is 6.50. The van der Waals surface area contributed by atoms with Gasteiger partial charge in [-0.05, 0) is 55.5 Å². The summed E-state index contributed by atoms with van der Waals surface area (Å²) in [5.41, 5.74) is 4.72. The van der Waals surface area contributed by atoms with Crippen LogP contribution in [0, 0.1) is 24.4 Å². The van der Waals surface area contributed by atoms with Crippen molar-refractivity contribution in [1.29, 1.82) is 0 Å². The van der Waals surface area contributed by atoms with Crippen LogP contribution in [-0.4, -0.2) is 14.4 Å². The Balaban J connectivity index is 1.59. The van der Waals surface area contributed by atoms with Crippen molar-refractivity contribution in [3.05, 3.63) is 113 Å². The number of aromatic nitrogens is 3. The van der Waals surface area contributed by atoms with Crippen LogP contribution in [0.15, 0.2) is 79.6 Å². The van der Waals surface area contributed by atoms with Crippen LogP contribution in [0.3, 0.4) is 0 Å². The summed E-state index contributed by atoms with van der Waals surface area (Å²) < 4.78 is 43.3. The minimum absolute atomic E-state index is 0.00338. The second-order valence-corrected chi connectivity index (χ2v) is 8.29. The van der Waals surface area contributed by atoms with E-state index in [1.165, 1.54) is 24.3 Å². The summed E-state index contributed by atoms with van der Waals surface area (Å²) in [5.74, 6) is -2.11. The summed E-state index contributed by atoms with van der Waals surface area (Å²) in [5, 5.41) is 3.31. The Kier molecular flexibility index (Phi) is 5.78. The number of rotatable bonds is 5. The van der Waals surface area contributed by atoms with Crippen LogP contribution < -0.4 is 5.32 Å². The average Bonchev–Trinajstić information content (AvgIpc) is 3.19. The standard InChI is InChI=1S/C27H18ClF3N4/c1-15-22(16(2)33-19-10-8-18(29)9-11-19)13-17(14-32-15)20-6-4-12-35-25(20)26(28)34-27(35)21-5-3-7-23(30)24(21)31/h3-14,33H,2H2,1H3. The quantitative estimate of drug-likeness (QED) is 0.277. The fraction of sp³-hybridized carbons (Fsp3) is 0.0370. The van der Waals surface area contributed by atoms with Crippen molar-refractivity contribution in [2.24, 2.45) is 0 Å². The molecule has 0 saturated carbocycles. The number of hydrogen-bond acceptors (Lipinski definition) is 3. The number of fused-ring (bicyclic) bond motifs is 1. The van der Waals surface area contributed by atoms with Gasteiger partial charge in [-0.1, -0.05) is 30.3 Å². The summed E-state index contributed by atoms with van der Waals surface area (Å²) in [7, 11) is 0. The van der Waals surface area contributed by atoms with Gasteiger partial charge in [0.15, 0.2) is 16.8 Å². The van der Waals surface area contributed by atoms with Gasteiger partial charge in [-0.25, -0.2) is 18.2 Å². The minimum Gasteiger partial charge on any atom is -0.355 e. The number of pyridine rings is 2. The molecule has 4 nitrogen and oxygen atoms in total. The highest BCUT2D eigenvalue weighted by molar-refractivity contribution is 6.33. The number of anilines is 1. The lowest BCUT2D eigenvalue weighted by molar-refractivity contribution is 0.510. The molecule has 0 bridgehead atoms. The smallest absolute Gasteiger partial charge is 0.169 e. The molecule has 0 aliphatic rings. The van der Waals surface area contributed by atoms with Crippen molar-refractivity contribution in [2.75, 3.05) is 5.32 Å². The van der Waals surface area contributed by atoms with Gasteiger partial charge in [0.1, 0.15) is 11.6 Å². The van der Waals surface area contributed by atoms with Crippen LogP contribution in [0.1, 0.15) is 11.3 Å². The molecule has 174 valence electrons. The van der Waals surface area contributed by atoms with Crippen LogP contribution in [0.25, 0.3) is 33.7 Å². The third-order valence-corrected chi connectivity index (χ3v) is 5.94. The van der Waals surface area contributed by atoms with Gasteiger partial charge in [-0.2, -0.15) is 0 Å². The fourth-order valence-electron chi connectivity index (χ4n) is 3.96. The third kappa shape index (κ3) is 4.15. The van der Waals surface area contributed by atoms with Crippen LogP contribution in [-0.2, 0) is 0 Å². The van der Waals surface area contributed by atoms with E-state index in [1.807, 2.05) is 19.1 Å². The Hall–Kier alpha value is -4.10. The number of nitrogens with zero attached hydrogens (tertiary/aromatic N) is 3. The lowest BCUT2D eigenvalue weighted by Crippen LogP contribution is -2.02. The second-order valence-electron chi connectivity index (χ2n) is 7.94. The summed E-state index contributed by atoms with van der Waals surface area (Å²) in [6, 6.07) is 15.4. The predicted octanol–water partition coefficient (Wildman–Crippen LogP) is 7.53. The molecule has 0 fully saturated rings. The molecule has 2 aromatic carbocycles. The summed E-state index contributed by atoms with van der Waals surface area (Å²) in [4.78, 5) is 8.84. The first kappa shape index (κ1) is 22.7. The van der Waals surface area contributed by atoms with Crippen LogP contribution >= 0.6 is 11.6 Å². The number of hydrogen-bond donors (Lipinski definition) is 1. The molecule has 3 heterocycles. The van der Waals surface area contributed by atoms with Gasteiger partial charge in [-0.15, -0.1) is 0 Å². The van der Waals surface area contributed by atoms with E-state index in [0.29, 0.717) is 22.5 Å². The van der Waals surface area contributed by atoms with Crippen molar-refractivity contribution >= 4 is 28.5 Å². The summed E-state index contributed by atoms with van der Waals surface area (Å²) in [6.45, 7) is 5.97. The molecule has 0 unspecified atom stereocenters. The molecule has 3 aromatic heterocycles. The Morgan fingerprint density at radius 1 is 1.00 bits per heavy atom. The van der Waals surface area contributed by atoms with Crippen LogP contribution in [0.5, 0.6) is 0 Å². The first-order chi connectivity index (χ1) is 16.8.